The Morgan fingerprint density at radius 3 is 2.88 bits per heavy atom. The average Bonchev–Trinajstić information content (AvgIpc) is 2.77. The van der Waals surface area contributed by atoms with Gasteiger partial charge >= 0.3 is 5.97 Å². The largest absolute Gasteiger partial charge is 0.469 e. The molecule has 16 heavy (non-hydrogen) atoms. The third-order valence-electron chi connectivity index (χ3n) is 3.02. The zero-order valence-corrected chi connectivity index (χ0v) is 9.83. The molecule has 0 aromatic heterocycles. The summed E-state index contributed by atoms with van der Waals surface area (Å²) in [6.07, 6.45) is 0. The van der Waals surface area contributed by atoms with Crippen molar-refractivity contribution in [3.63, 3.8) is 0 Å². The van der Waals surface area contributed by atoms with Crippen LogP contribution in [-0.4, -0.2) is 26.2 Å². The van der Waals surface area contributed by atoms with E-state index in [2.05, 4.69) is 5.32 Å². The van der Waals surface area contributed by atoms with E-state index in [1.165, 1.54) is 7.11 Å². The van der Waals surface area contributed by atoms with E-state index >= 15 is 0 Å². The zero-order valence-electron chi connectivity index (χ0n) is 9.07. The fourth-order valence-electron chi connectivity index (χ4n) is 2.18. The molecule has 0 saturated carbocycles. The van der Waals surface area contributed by atoms with Gasteiger partial charge < -0.3 is 10.1 Å². The van der Waals surface area contributed by atoms with E-state index in [0.717, 1.165) is 12.1 Å². The first-order chi connectivity index (χ1) is 7.74. The van der Waals surface area contributed by atoms with Crippen LogP contribution in [0, 0.1) is 5.92 Å². The summed E-state index contributed by atoms with van der Waals surface area (Å²) in [7, 11) is 1.42. The summed E-state index contributed by atoms with van der Waals surface area (Å²) in [6, 6.07) is 7.65. The average molecular weight is 240 g/mol. The van der Waals surface area contributed by atoms with Crippen LogP contribution in [0.3, 0.4) is 0 Å². The van der Waals surface area contributed by atoms with Crippen molar-refractivity contribution in [2.45, 2.75) is 5.92 Å². The number of esters is 1. The van der Waals surface area contributed by atoms with Crippen LogP contribution < -0.4 is 5.32 Å². The molecular weight excluding hydrogens is 226 g/mol. The lowest BCUT2D eigenvalue weighted by Gasteiger charge is -2.17. The van der Waals surface area contributed by atoms with Crippen LogP contribution in [0.2, 0.25) is 5.02 Å². The Morgan fingerprint density at radius 2 is 2.19 bits per heavy atom. The predicted molar refractivity (Wildman–Crippen MR) is 62.6 cm³/mol. The summed E-state index contributed by atoms with van der Waals surface area (Å²) in [5.41, 5.74) is 1.02. The first kappa shape index (κ1) is 11.4. The van der Waals surface area contributed by atoms with Crippen molar-refractivity contribution in [1.29, 1.82) is 0 Å². The summed E-state index contributed by atoms with van der Waals surface area (Å²) in [5.74, 6) is -0.194. The molecule has 4 heteroatoms. The van der Waals surface area contributed by atoms with Crippen LogP contribution in [0.5, 0.6) is 0 Å². The molecule has 0 spiro atoms. The summed E-state index contributed by atoms with van der Waals surface area (Å²) in [4.78, 5) is 11.6. The molecule has 0 radical (unpaired) electrons. The van der Waals surface area contributed by atoms with Gasteiger partial charge in [0.1, 0.15) is 0 Å². The van der Waals surface area contributed by atoms with Gasteiger partial charge in [-0.2, -0.15) is 0 Å². The van der Waals surface area contributed by atoms with Gasteiger partial charge in [-0.15, -0.1) is 0 Å². The number of methoxy groups -OCH3 is 1. The predicted octanol–water partition coefficient (Wildman–Crippen LogP) is 1.82. The van der Waals surface area contributed by atoms with Crippen LogP contribution in [0.4, 0.5) is 0 Å². The molecule has 0 bridgehead atoms. The van der Waals surface area contributed by atoms with E-state index < -0.39 is 0 Å². The molecule has 2 atom stereocenters. The van der Waals surface area contributed by atoms with E-state index in [4.69, 9.17) is 16.3 Å². The minimum atomic E-state index is -0.171. The van der Waals surface area contributed by atoms with Crippen LogP contribution in [-0.2, 0) is 9.53 Å². The van der Waals surface area contributed by atoms with Gasteiger partial charge in [0, 0.05) is 24.0 Å². The van der Waals surface area contributed by atoms with Gasteiger partial charge in [0.2, 0.25) is 0 Å². The molecule has 2 rings (SSSR count). The van der Waals surface area contributed by atoms with Gasteiger partial charge in [-0.3, -0.25) is 4.79 Å². The second kappa shape index (κ2) is 4.85. The maximum absolute atomic E-state index is 11.6. The van der Waals surface area contributed by atoms with Crippen LogP contribution in [0.1, 0.15) is 11.5 Å². The second-order valence-electron chi connectivity index (χ2n) is 3.92. The normalized spacial score (nSPS) is 24.4. The molecule has 3 nitrogen and oxygen atoms in total. The number of ether oxygens (including phenoxy) is 1. The summed E-state index contributed by atoms with van der Waals surface area (Å²) in [5, 5.41) is 3.92. The Labute approximate surface area is 99.7 Å². The van der Waals surface area contributed by atoms with E-state index in [0.29, 0.717) is 11.6 Å². The van der Waals surface area contributed by atoms with Crippen molar-refractivity contribution >= 4 is 17.6 Å². The highest BCUT2D eigenvalue weighted by atomic mass is 35.5. The minimum Gasteiger partial charge on any atom is -0.469 e. The number of carbonyl (C=O) groups excluding carboxylic acids is 1. The highest BCUT2D eigenvalue weighted by molar-refractivity contribution is 6.31. The molecule has 1 aliphatic heterocycles. The molecule has 0 unspecified atom stereocenters. The smallest absolute Gasteiger partial charge is 0.310 e. The van der Waals surface area contributed by atoms with Crippen molar-refractivity contribution < 1.29 is 9.53 Å². The number of halogens is 1. The minimum absolute atomic E-state index is 0.112. The number of carbonyl (C=O) groups is 1. The quantitative estimate of drug-likeness (QED) is 0.800. The topological polar surface area (TPSA) is 38.3 Å². The lowest BCUT2D eigenvalue weighted by atomic mass is 9.89. The number of hydrogen-bond donors (Lipinski definition) is 1. The Kier molecular flexibility index (Phi) is 3.46. The van der Waals surface area contributed by atoms with Crippen molar-refractivity contribution in [1.82, 2.24) is 5.32 Å². The van der Waals surface area contributed by atoms with Crippen molar-refractivity contribution in [2.75, 3.05) is 20.2 Å². The van der Waals surface area contributed by atoms with Gasteiger partial charge in [-0.25, -0.2) is 0 Å². The van der Waals surface area contributed by atoms with Crippen LogP contribution in [0.25, 0.3) is 0 Å². The summed E-state index contributed by atoms with van der Waals surface area (Å²) in [6.45, 7) is 1.42. The van der Waals surface area contributed by atoms with E-state index in [9.17, 15) is 4.79 Å². The highest BCUT2D eigenvalue weighted by Crippen LogP contribution is 2.33. The Morgan fingerprint density at radius 1 is 1.44 bits per heavy atom. The molecule has 1 fully saturated rings. The first-order valence-electron chi connectivity index (χ1n) is 5.27. The van der Waals surface area contributed by atoms with E-state index in [1.807, 2.05) is 24.3 Å². The van der Waals surface area contributed by atoms with E-state index in [1.54, 1.807) is 0 Å². The van der Waals surface area contributed by atoms with Gasteiger partial charge in [-0.05, 0) is 11.6 Å². The van der Waals surface area contributed by atoms with Gasteiger partial charge in [0.05, 0.1) is 13.0 Å². The van der Waals surface area contributed by atoms with Gasteiger partial charge in [0.15, 0.2) is 0 Å². The zero-order chi connectivity index (χ0) is 11.5. The monoisotopic (exact) mass is 239 g/mol. The number of benzene rings is 1. The summed E-state index contributed by atoms with van der Waals surface area (Å²) < 4.78 is 4.80. The lowest BCUT2D eigenvalue weighted by Crippen LogP contribution is -2.23. The van der Waals surface area contributed by atoms with Gasteiger partial charge in [-0.1, -0.05) is 29.8 Å². The third kappa shape index (κ3) is 2.06. The molecule has 1 aromatic carbocycles. The Bertz CT molecular complexity index is 394. The fraction of sp³-hybridized carbons (Fsp3) is 0.417. The van der Waals surface area contributed by atoms with Crippen LogP contribution >= 0.6 is 11.6 Å². The molecule has 1 heterocycles. The molecule has 1 saturated heterocycles. The maximum Gasteiger partial charge on any atom is 0.310 e. The first-order valence-corrected chi connectivity index (χ1v) is 5.65. The maximum atomic E-state index is 11.6. The summed E-state index contributed by atoms with van der Waals surface area (Å²) >= 11 is 6.14. The molecule has 1 aromatic rings. The number of nitrogens with one attached hydrogen (secondary N) is 1. The molecular formula is C12H14ClNO2. The highest BCUT2D eigenvalue weighted by Gasteiger charge is 2.35. The fourth-order valence-corrected chi connectivity index (χ4v) is 2.46. The molecule has 0 aliphatic carbocycles. The SMILES string of the molecule is COC(=O)[C@@H]1CNC[C@H]1c1ccccc1Cl. The number of rotatable bonds is 2. The molecule has 86 valence electrons. The lowest BCUT2D eigenvalue weighted by molar-refractivity contribution is -0.145. The molecule has 1 N–H and O–H groups in total. The third-order valence-corrected chi connectivity index (χ3v) is 3.37. The van der Waals surface area contributed by atoms with Crippen molar-refractivity contribution in [3.8, 4) is 0 Å². The second-order valence-corrected chi connectivity index (χ2v) is 4.32. The van der Waals surface area contributed by atoms with Crippen LogP contribution in [0.15, 0.2) is 24.3 Å². The van der Waals surface area contributed by atoms with E-state index in [-0.39, 0.29) is 17.8 Å². The standard InChI is InChI=1S/C12H14ClNO2/c1-16-12(15)10-7-14-6-9(10)8-4-2-3-5-11(8)13/h2-5,9-10,14H,6-7H2,1H3/t9-,10+/m0/s1. The molecule has 1 aliphatic rings. The Balaban J connectivity index is 2.27. The van der Waals surface area contributed by atoms with Crippen molar-refractivity contribution in [3.05, 3.63) is 34.9 Å². The molecule has 0 amide bonds. The Hall–Kier alpha value is -1.06. The van der Waals surface area contributed by atoms with Gasteiger partial charge in [0.25, 0.3) is 0 Å². The number of hydrogen-bond acceptors (Lipinski definition) is 3. The van der Waals surface area contributed by atoms with Crippen molar-refractivity contribution in [2.24, 2.45) is 5.92 Å².